The molecule has 1 amide bonds. The standard InChI is InChI=1S/C13H18N2O3/c14-7-1-2-12-9-15(13(17)18-12)8-10-3-5-11(16)6-4-10/h3-6,12,16H,1-2,7-9,14H2. The van der Waals surface area contributed by atoms with E-state index in [4.69, 9.17) is 10.5 Å². The molecular formula is C13H18N2O3. The average Bonchev–Trinajstić information content (AvgIpc) is 2.70. The first-order chi connectivity index (χ1) is 8.69. The zero-order valence-electron chi connectivity index (χ0n) is 10.2. The van der Waals surface area contributed by atoms with Gasteiger partial charge in [0.25, 0.3) is 0 Å². The topological polar surface area (TPSA) is 75.8 Å². The van der Waals surface area contributed by atoms with Crippen molar-refractivity contribution >= 4 is 6.09 Å². The lowest BCUT2D eigenvalue weighted by molar-refractivity contribution is 0.127. The number of amides is 1. The van der Waals surface area contributed by atoms with Gasteiger partial charge in [-0.15, -0.1) is 0 Å². The second-order valence-electron chi connectivity index (χ2n) is 4.48. The fraction of sp³-hybridized carbons (Fsp3) is 0.462. The molecule has 1 aromatic carbocycles. The molecule has 5 heteroatoms. The summed E-state index contributed by atoms with van der Waals surface area (Å²) < 4.78 is 5.25. The Morgan fingerprint density at radius 2 is 2.11 bits per heavy atom. The maximum absolute atomic E-state index is 11.6. The molecule has 1 unspecified atom stereocenters. The quantitative estimate of drug-likeness (QED) is 0.829. The molecule has 0 radical (unpaired) electrons. The molecule has 1 fully saturated rings. The van der Waals surface area contributed by atoms with Crippen molar-refractivity contribution in [1.29, 1.82) is 0 Å². The molecule has 5 nitrogen and oxygen atoms in total. The van der Waals surface area contributed by atoms with Gasteiger partial charge in [-0.2, -0.15) is 0 Å². The minimum atomic E-state index is -0.273. The van der Waals surface area contributed by atoms with Gasteiger partial charge < -0.3 is 20.5 Å². The number of phenolic OH excluding ortho intramolecular Hbond substituents is 1. The van der Waals surface area contributed by atoms with Crippen molar-refractivity contribution in [1.82, 2.24) is 4.90 Å². The minimum absolute atomic E-state index is 0.0434. The Labute approximate surface area is 106 Å². The van der Waals surface area contributed by atoms with Crippen LogP contribution in [0.4, 0.5) is 4.79 Å². The highest BCUT2D eigenvalue weighted by atomic mass is 16.6. The maximum atomic E-state index is 11.6. The van der Waals surface area contributed by atoms with Crippen LogP contribution in [0, 0.1) is 0 Å². The highest BCUT2D eigenvalue weighted by molar-refractivity contribution is 5.69. The van der Waals surface area contributed by atoms with Crippen molar-refractivity contribution in [3.63, 3.8) is 0 Å². The smallest absolute Gasteiger partial charge is 0.410 e. The third kappa shape index (κ3) is 3.13. The number of ether oxygens (including phenoxy) is 1. The van der Waals surface area contributed by atoms with E-state index in [2.05, 4.69) is 0 Å². The Balaban J connectivity index is 1.90. The molecule has 2 rings (SSSR count). The van der Waals surface area contributed by atoms with Crippen LogP contribution in [0.25, 0.3) is 0 Å². The van der Waals surface area contributed by atoms with Crippen LogP contribution in [0.15, 0.2) is 24.3 Å². The number of hydrogen-bond acceptors (Lipinski definition) is 4. The van der Waals surface area contributed by atoms with E-state index < -0.39 is 0 Å². The van der Waals surface area contributed by atoms with E-state index in [1.165, 1.54) is 0 Å². The van der Waals surface area contributed by atoms with E-state index >= 15 is 0 Å². The van der Waals surface area contributed by atoms with Crippen LogP contribution in [0.2, 0.25) is 0 Å². The van der Waals surface area contributed by atoms with E-state index in [1.807, 2.05) is 0 Å². The summed E-state index contributed by atoms with van der Waals surface area (Å²) in [6.45, 7) is 1.74. The number of phenols is 1. The van der Waals surface area contributed by atoms with E-state index in [9.17, 15) is 9.90 Å². The van der Waals surface area contributed by atoms with Gasteiger partial charge in [0.15, 0.2) is 0 Å². The molecular weight excluding hydrogens is 232 g/mol. The molecule has 1 heterocycles. The largest absolute Gasteiger partial charge is 0.508 e. The van der Waals surface area contributed by atoms with Crippen LogP contribution in [0.3, 0.4) is 0 Å². The molecule has 0 aromatic heterocycles. The number of hydrogen-bond donors (Lipinski definition) is 2. The van der Waals surface area contributed by atoms with Crippen LogP contribution in [0.5, 0.6) is 5.75 Å². The monoisotopic (exact) mass is 250 g/mol. The lowest BCUT2D eigenvalue weighted by Crippen LogP contribution is -2.24. The number of carbonyl (C=O) groups is 1. The summed E-state index contributed by atoms with van der Waals surface area (Å²) >= 11 is 0. The Hall–Kier alpha value is -1.75. The second-order valence-corrected chi connectivity index (χ2v) is 4.48. The molecule has 1 aromatic rings. The van der Waals surface area contributed by atoms with E-state index in [0.717, 1.165) is 18.4 Å². The molecule has 0 bridgehead atoms. The second kappa shape index (κ2) is 5.73. The van der Waals surface area contributed by atoms with Gasteiger partial charge in [0, 0.05) is 6.54 Å². The van der Waals surface area contributed by atoms with Gasteiger partial charge in [-0.05, 0) is 37.1 Å². The zero-order valence-corrected chi connectivity index (χ0v) is 10.2. The molecule has 1 aliphatic rings. The van der Waals surface area contributed by atoms with Gasteiger partial charge in [-0.3, -0.25) is 0 Å². The number of nitrogens with zero attached hydrogens (tertiary/aromatic N) is 1. The number of cyclic esters (lactones) is 1. The van der Waals surface area contributed by atoms with Crippen molar-refractivity contribution in [3.05, 3.63) is 29.8 Å². The van der Waals surface area contributed by atoms with Gasteiger partial charge in [0.05, 0.1) is 6.54 Å². The number of rotatable bonds is 5. The van der Waals surface area contributed by atoms with Crippen LogP contribution in [-0.2, 0) is 11.3 Å². The number of benzene rings is 1. The van der Waals surface area contributed by atoms with Gasteiger partial charge >= 0.3 is 6.09 Å². The molecule has 0 saturated carbocycles. The van der Waals surface area contributed by atoms with Crippen molar-refractivity contribution in [2.24, 2.45) is 5.73 Å². The van der Waals surface area contributed by atoms with Crippen molar-refractivity contribution in [2.45, 2.75) is 25.5 Å². The summed E-state index contributed by atoms with van der Waals surface area (Å²) in [6.07, 6.45) is 1.36. The molecule has 1 saturated heterocycles. The van der Waals surface area contributed by atoms with E-state index in [1.54, 1.807) is 29.2 Å². The average molecular weight is 250 g/mol. The number of carbonyl (C=O) groups excluding carboxylic acids is 1. The summed E-state index contributed by atoms with van der Waals surface area (Å²) in [4.78, 5) is 13.3. The fourth-order valence-corrected chi connectivity index (χ4v) is 2.02. The molecule has 18 heavy (non-hydrogen) atoms. The summed E-state index contributed by atoms with van der Waals surface area (Å²) in [6, 6.07) is 6.83. The van der Waals surface area contributed by atoms with Crippen molar-refractivity contribution in [2.75, 3.05) is 13.1 Å². The molecule has 1 aliphatic heterocycles. The minimum Gasteiger partial charge on any atom is -0.508 e. The molecule has 1 atom stereocenters. The van der Waals surface area contributed by atoms with Gasteiger partial charge in [-0.25, -0.2) is 4.79 Å². The third-order valence-electron chi connectivity index (χ3n) is 2.99. The zero-order chi connectivity index (χ0) is 13.0. The Morgan fingerprint density at radius 3 is 2.78 bits per heavy atom. The van der Waals surface area contributed by atoms with Gasteiger partial charge in [0.1, 0.15) is 11.9 Å². The Kier molecular flexibility index (Phi) is 4.04. The number of aromatic hydroxyl groups is 1. The summed E-state index contributed by atoms with van der Waals surface area (Å²) in [5.74, 6) is 0.226. The summed E-state index contributed by atoms with van der Waals surface area (Å²) in [5, 5.41) is 9.19. The highest BCUT2D eigenvalue weighted by Crippen LogP contribution is 2.19. The SMILES string of the molecule is NCCCC1CN(Cc2ccc(O)cc2)C(=O)O1. The predicted molar refractivity (Wildman–Crippen MR) is 67.1 cm³/mol. The number of nitrogens with two attached hydrogens (primary N) is 1. The first-order valence-corrected chi connectivity index (χ1v) is 6.12. The Bertz CT molecular complexity index is 405. The van der Waals surface area contributed by atoms with Crippen LogP contribution >= 0.6 is 0 Å². The van der Waals surface area contributed by atoms with Crippen LogP contribution in [-0.4, -0.2) is 35.3 Å². The van der Waals surface area contributed by atoms with Gasteiger partial charge in [-0.1, -0.05) is 12.1 Å². The lowest BCUT2D eigenvalue weighted by Gasteiger charge is -2.12. The molecule has 0 aliphatic carbocycles. The molecule has 0 spiro atoms. The highest BCUT2D eigenvalue weighted by Gasteiger charge is 2.30. The predicted octanol–water partition coefficient (Wildman–Crippen LogP) is 1.45. The van der Waals surface area contributed by atoms with E-state index in [0.29, 0.717) is 19.6 Å². The van der Waals surface area contributed by atoms with Crippen LogP contribution < -0.4 is 5.73 Å². The maximum Gasteiger partial charge on any atom is 0.410 e. The van der Waals surface area contributed by atoms with Gasteiger partial charge in [0.2, 0.25) is 0 Å². The van der Waals surface area contributed by atoms with Crippen LogP contribution in [0.1, 0.15) is 18.4 Å². The normalized spacial score (nSPS) is 19.1. The van der Waals surface area contributed by atoms with Crippen molar-refractivity contribution < 1.29 is 14.6 Å². The molecule has 98 valence electrons. The lowest BCUT2D eigenvalue weighted by atomic mass is 10.2. The molecule has 3 N–H and O–H groups in total. The summed E-state index contributed by atoms with van der Waals surface area (Å²) in [5.41, 5.74) is 6.41. The van der Waals surface area contributed by atoms with Crippen molar-refractivity contribution in [3.8, 4) is 5.75 Å². The Morgan fingerprint density at radius 1 is 1.39 bits per heavy atom. The first-order valence-electron chi connectivity index (χ1n) is 6.12. The first kappa shape index (κ1) is 12.7. The van der Waals surface area contributed by atoms with E-state index in [-0.39, 0.29) is 17.9 Å². The fourth-order valence-electron chi connectivity index (χ4n) is 2.02. The third-order valence-corrected chi connectivity index (χ3v) is 2.99. The summed E-state index contributed by atoms with van der Waals surface area (Å²) in [7, 11) is 0.